The Bertz CT molecular complexity index is 469. The molecule has 0 saturated carbocycles. The molecular formula is C18H27NO2S. The fraction of sp³-hybridized carbons (Fsp3) is 0.611. The van der Waals surface area contributed by atoms with Crippen molar-refractivity contribution in [2.45, 2.75) is 44.6 Å². The summed E-state index contributed by atoms with van der Waals surface area (Å²) in [6, 6.07) is 10.2. The summed E-state index contributed by atoms with van der Waals surface area (Å²) in [5, 5.41) is 13.4. The van der Waals surface area contributed by atoms with Gasteiger partial charge in [0, 0.05) is 13.0 Å². The lowest BCUT2D eigenvalue weighted by molar-refractivity contribution is -0.123. The monoisotopic (exact) mass is 321 g/mol. The molecule has 0 radical (unpaired) electrons. The minimum absolute atomic E-state index is 0.0363. The van der Waals surface area contributed by atoms with Gasteiger partial charge in [-0.15, -0.1) is 0 Å². The van der Waals surface area contributed by atoms with Gasteiger partial charge in [0.05, 0.1) is 5.60 Å². The van der Waals surface area contributed by atoms with Gasteiger partial charge in [0.15, 0.2) is 0 Å². The number of amides is 1. The van der Waals surface area contributed by atoms with Crippen LogP contribution in [-0.2, 0) is 4.79 Å². The Balaban J connectivity index is 1.89. The first-order valence-electron chi connectivity index (χ1n) is 8.12. The molecule has 1 atom stereocenters. The minimum atomic E-state index is -0.707. The zero-order valence-electron chi connectivity index (χ0n) is 13.5. The van der Waals surface area contributed by atoms with E-state index in [1.165, 1.54) is 5.56 Å². The summed E-state index contributed by atoms with van der Waals surface area (Å²) in [5.41, 5.74) is 0.501. The molecule has 122 valence electrons. The summed E-state index contributed by atoms with van der Waals surface area (Å²) in [6.45, 7) is 4.68. The van der Waals surface area contributed by atoms with Gasteiger partial charge in [0.2, 0.25) is 5.91 Å². The van der Waals surface area contributed by atoms with Crippen LogP contribution in [0.5, 0.6) is 0 Å². The van der Waals surface area contributed by atoms with Gasteiger partial charge in [-0.2, -0.15) is 11.8 Å². The smallest absolute Gasteiger partial charge is 0.220 e. The molecule has 1 heterocycles. The molecule has 1 aliphatic heterocycles. The molecule has 22 heavy (non-hydrogen) atoms. The molecule has 4 heteroatoms. The lowest BCUT2D eigenvalue weighted by atomic mass is 9.85. The Morgan fingerprint density at radius 1 is 1.27 bits per heavy atom. The highest BCUT2D eigenvalue weighted by molar-refractivity contribution is 7.99. The number of rotatable bonds is 6. The topological polar surface area (TPSA) is 49.3 Å². The van der Waals surface area contributed by atoms with Crippen LogP contribution in [0.4, 0.5) is 0 Å². The molecule has 2 N–H and O–H groups in total. The number of hydrogen-bond acceptors (Lipinski definition) is 3. The molecule has 0 spiro atoms. The SMILES string of the molecule is CC(C)C(CC(=O)NCC1(O)CCSCC1)c1ccccc1. The summed E-state index contributed by atoms with van der Waals surface area (Å²) in [4.78, 5) is 12.3. The molecule has 1 amide bonds. The van der Waals surface area contributed by atoms with E-state index in [4.69, 9.17) is 0 Å². The van der Waals surface area contributed by atoms with Gasteiger partial charge in [0.25, 0.3) is 0 Å². The lowest BCUT2D eigenvalue weighted by Gasteiger charge is -2.32. The fourth-order valence-electron chi connectivity index (χ4n) is 2.90. The summed E-state index contributed by atoms with van der Waals surface area (Å²) >= 11 is 1.87. The number of hydrogen-bond donors (Lipinski definition) is 2. The average molecular weight is 321 g/mol. The third kappa shape index (κ3) is 5.03. The van der Waals surface area contributed by atoms with Crippen molar-refractivity contribution in [3.8, 4) is 0 Å². The van der Waals surface area contributed by atoms with Crippen LogP contribution >= 0.6 is 11.8 Å². The third-order valence-electron chi connectivity index (χ3n) is 4.48. The third-order valence-corrected chi connectivity index (χ3v) is 5.46. The van der Waals surface area contributed by atoms with E-state index >= 15 is 0 Å². The first-order valence-corrected chi connectivity index (χ1v) is 9.27. The van der Waals surface area contributed by atoms with Crippen LogP contribution in [0.3, 0.4) is 0 Å². The molecule has 1 aliphatic rings. The zero-order chi connectivity index (χ0) is 16.0. The maximum Gasteiger partial charge on any atom is 0.220 e. The van der Waals surface area contributed by atoms with Gasteiger partial charge in [-0.3, -0.25) is 4.79 Å². The van der Waals surface area contributed by atoms with Crippen molar-refractivity contribution >= 4 is 17.7 Å². The molecule has 0 bridgehead atoms. The maximum absolute atomic E-state index is 12.3. The molecule has 0 aliphatic carbocycles. The molecule has 1 unspecified atom stereocenters. The van der Waals surface area contributed by atoms with E-state index in [0.717, 1.165) is 24.3 Å². The summed E-state index contributed by atoms with van der Waals surface area (Å²) in [6.07, 6.45) is 2.01. The van der Waals surface area contributed by atoms with Crippen LogP contribution in [0, 0.1) is 5.92 Å². The van der Waals surface area contributed by atoms with Crippen LogP contribution in [0.1, 0.15) is 44.6 Å². The van der Waals surface area contributed by atoms with E-state index in [2.05, 4.69) is 31.3 Å². The number of nitrogens with one attached hydrogen (secondary N) is 1. The minimum Gasteiger partial charge on any atom is -0.388 e. The van der Waals surface area contributed by atoms with E-state index in [0.29, 0.717) is 18.9 Å². The van der Waals surface area contributed by atoms with Gasteiger partial charge < -0.3 is 10.4 Å². The molecule has 2 rings (SSSR count). The predicted octanol–water partition coefficient (Wildman–Crippen LogP) is 3.19. The highest BCUT2D eigenvalue weighted by Crippen LogP contribution is 2.28. The molecule has 1 fully saturated rings. The van der Waals surface area contributed by atoms with Crippen LogP contribution in [0.2, 0.25) is 0 Å². The molecule has 1 aromatic carbocycles. The predicted molar refractivity (Wildman–Crippen MR) is 93.2 cm³/mol. The first-order chi connectivity index (χ1) is 10.5. The van der Waals surface area contributed by atoms with E-state index in [-0.39, 0.29) is 11.8 Å². The Hall–Kier alpha value is -1.00. The van der Waals surface area contributed by atoms with Crippen molar-refractivity contribution in [1.82, 2.24) is 5.32 Å². The van der Waals surface area contributed by atoms with Crippen molar-refractivity contribution in [2.24, 2.45) is 5.92 Å². The standard InChI is InChI=1S/C18H27NO2S/c1-14(2)16(15-6-4-3-5-7-15)12-17(20)19-13-18(21)8-10-22-11-9-18/h3-7,14,16,21H,8-13H2,1-2H3,(H,19,20). The van der Waals surface area contributed by atoms with Gasteiger partial charge in [0.1, 0.15) is 0 Å². The van der Waals surface area contributed by atoms with Crippen LogP contribution in [0.25, 0.3) is 0 Å². The van der Waals surface area contributed by atoms with E-state index in [9.17, 15) is 9.90 Å². The normalized spacial score (nSPS) is 18.9. The van der Waals surface area contributed by atoms with Crippen molar-refractivity contribution < 1.29 is 9.90 Å². The summed E-state index contributed by atoms with van der Waals surface area (Å²) in [5.74, 6) is 2.62. The largest absolute Gasteiger partial charge is 0.388 e. The number of carbonyl (C=O) groups excluding carboxylic acids is 1. The first kappa shape index (κ1) is 17.4. The second kappa shape index (κ2) is 8.02. The van der Waals surface area contributed by atoms with Crippen molar-refractivity contribution in [3.63, 3.8) is 0 Å². The fourth-order valence-corrected chi connectivity index (χ4v) is 4.15. The maximum atomic E-state index is 12.3. The van der Waals surface area contributed by atoms with Crippen molar-refractivity contribution in [1.29, 1.82) is 0 Å². The highest BCUT2D eigenvalue weighted by atomic mass is 32.2. The van der Waals surface area contributed by atoms with E-state index in [1.807, 2.05) is 30.0 Å². The lowest BCUT2D eigenvalue weighted by Crippen LogP contribution is -2.45. The van der Waals surface area contributed by atoms with Crippen molar-refractivity contribution in [3.05, 3.63) is 35.9 Å². The molecular weight excluding hydrogens is 294 g/mol. The Morgan fingerprint density at radius 3 is 2.50 bits per heavy atom. The second-order valence-corrected chi connectivity index (χ2v) is 7.80. The van der Waals surface area contributed by atoms with Gasteiger partial charge in [-0.05, 0) is 41.7 Å². The number of benzene rings is 1. The second-order valence-electron chi connectivity index (χ2n) is 6.58. The van der Waals surface area contributed by atoms with Crippen molar-refractivity contribution in [2.75, 3.05) is 18.1 Å². The van der Waals surface area contributed by atoms with Gasteiger partial charge in [-0.1, -0.05) is 44.2 Å². The van der Waals surface area contributed by atoms with Crippen LogP contribution in [0.15, 0.2) is 30.3 Å². The Morgan fingerprint density at radius 2 is 1.91 bits per heavy atom. The van der Waals surface area contributed by atoms with E-state index < -0.39 is 5.60 Å². The molecule has 0 aromatic heterocycles. The molecule has 3 nitrogen and oxygen atoms in total. The quantitative estimate of drug-likeness (QED) is 0.846. The van der Waals surface area contributed by atoms with Gasteiger partial charge in [-0.25, -0.2) is 0 Å². The summed E-state index contributed by atoms with van der Waals surface area (Å²) in [7, 11) is 0. The van der Waals surface area contributed by atoms with Crippen LogP contribution in [-0.4, -0.2) is 34.7 Å². The average Bonchev–Trinajstić information content (AvgIpc) is 2.52. The summed E-state index contributed by atoms with van der Waals surface area (Å²) < 4.78 is 0. The number of aliphatic hydroxyl groups is 1. The molecule has 1 saturated heterocycles. The zero-order valence-corrected chi connectivity index (χ0v) is 14.4. The van der Waals surface area contributed by atoms with Gasteiger partial charge >= 0.3 is 0 Å². The Kier molecular flexibility index (Phi) is 6.33. The number of carbonyl (C=O) groups is 1. The molecule has 1 aromatic rings. The number of thioether (sulfide) groups is 1. The van der Waals surface area contributed by atoms with Crippen LogP contribution < -0.4 is 5.32 Å². The highest BCUT2D eigenvalue weighted by Gasteiger charge is 2.30. The Labute approximate surface area is 137 Å². The van der Waals surface area contributed by atoms with E-state index in [1.54, 1.807) is 0 Å².